The number of furan rings is 1. The van der Waals surface area contributed by atoms with Gasteiger partial charge in [0.2, 0.25) is 0 Å². The fourth-order valence-corrected chi connectivity index (χ4v) is 2.54. The zero-order valence-electron chi connectivity index (χ0n) is 13.6. The van der Waals surface area contributed by atoms with Crippen molar-refractivity contribution < 1.29 is 13.9 Å². The first-order valence-electron chi connectivity index (χ1n) is 7.69. The number of aromatic amines is 1. The van der Waals surface area contributed by atoms with Crippen LogP contribution in [0.2, 0.25) is 0 Å². The maximum Gasteiger partial charge on any atom is 0.255 e. The molecule has 0 saturated carbocycles. The highest BCUT2D eigenvalue weighted by Crippen LogP contribution is 2.23. The van der Waals surface area contributed by atoms with E-state index >= 15 is 0 Å². The molecule has 0 fully saturated rings. The first kappa shape index (κ1) is 15.9. The summed E-state index contributed by atoms with van der Waals surface area (Å²) in [6, 6.07) is 11.3. The Kier molecular flexibility index (Phi) is 4.65. The van der Waals surface area contributed by atoms with Gasteiger partial charge in [0.05, 0.1) is 18.9 Å². The number of carbonyl (C=O) groups is 1. The standard InChI is InChI=1S/C18H19N3O3/c1-12-16(17(21-20-12)15-7-4-10-24-15)18(22)19-9-8-13-5-3-6-14(11-13)23-2/h3-7,10-11H,8-9H2,1-2H3,(H,19,22)(H,20,21). The molecule has 2 heterocycles. The minimum atomic E-state index is -0.171. The van der Waals surface area contributed by atoms with Crippen LogP contribution < -0.4 is 10.1 Å². The van der Waals surface area contributed by atoms with E-state index in [1.54, 1.807) is 25.5 Å². The van der Waals surface area contributed by atoms with Crippen molar-refractivity contribution in [1.29, 1.82) is 0 Å². The summed E-state index contributed by atoms with van der Waals surface area (Å²) in [5.41, 5.74) is 2.84. The molecule has 0 aliphatic heterocycles. The van der Waals surface area contributed by atoms with Crippen molar-refractivity contribution in [2.75, 3.05) is 13.7 Å². The van der Waals surface area contributed by atoms with Crippen LogP contribution in [0.3, 0.4) is 0 Å². The molecule has 2 aromatic heterocycles. The Hall–Kier alpha value is -3.02. The van der Waals surface area contributed by atoms with E-state index in [1.165, 1.54) is 0 Å². The number of aromatic nitrogens is 2. The highest BCUT2D eigenvalue weighted by atomic mass is 16.5. The van der Waals surface area contributed by atoms with Gasteiger partial charge in [-0.25, -0.2) is 0 Å². The second-order valence-electron chi connectivity index (χ2n) is 5.41. The summed E-state index contributed by atoms with van der Waals surface area (Å²) in [7, 11) is 1.64. The highest BCUT2D eigenvalue weighted by molar-refractivity contribution is 6.00. The molecule has 0 radical (unpaired) electrons. The Bertz CT molecular complexity index is 822. The van der Waals surface area contributed by atoms with Gasteiger partial charge >= 0.3 is 0 Å². The summed E-state index contributed by atoms with van der Waals surface area (Å²) in [5, 5.41) is 9.95. The largest absolute Gasteiger partial charge is 0.497 e. The number of benzene rings is 1. The number of ether oxygens (including phenoxy) is 1. The number of rotatable bonds is 6. The quantitative estimate of drug-likeness (QED) is 0.730. The molecule has 0 aliphatic rings. The summed E-state index contributed by atoms with van der Waals surface area (Å²) < 4.78 is 10.6. The van der Waals surface area contributed by atoms with Crippen LogP contribution in [-0.4, -0.2) is 29.8 Å². The Labute approximate surface area is 139 Å². The second-order valence-corrected chi connectivity index (χ2v) is 5.41. The van der Waals surface area contributed by atoms with Crippen molar-refractivity contribution >= 4 is 5.91 Å². The van der Waals surface area contributed by atoms with Gasteiger partial charge in [-0.1, -0.05) is 12.1 Å². The van der Waals surface area contributed by atoms with Crippen molar-refractivity contribution in [3.05, 3.63) is 59.5 Å². The van der Waals surface area contributed by atoms with Crippen LogP contribution in [0.5, 0.6) is 5.75 Å². The van der Waals surface area contributed by atoms with E-state index in [2.05, 4.69) is 15.5 Å². The van der Waals surface area contributed by atoms with Gasteiger partial charge < -0.3 is 14.5 Å². The Morgan fingerprint density at radius 1 is 1.33 bits per heavy atom. The van der Waals surface area contributed by atoms with Crippen LogP contribution in [0.4, 0.5) is 0 Å². The van der Waals surface area contributed by atoms with Crippen LogP contribution in [0, 0.1) is 6.92 Å². The first-order chi connectivity index (χ1) is 11.7. The summed E-state index contributed by atoms with van der Waals surface area (Å²) in [5.74, 6) is 1.21. The summed E-state index contributed by atoms with van der Waals surface area (Å²) >= 11 is 0. The van der Waals surface area contributed by atoms with Crippen LogP contribution in [0.25, 0.3) is 11.5 Å². The average Bonchev–Trinajstić information content (AvgIpc) is 3.24. The van der Waals surface area contributed by atoms with Gasteiger partial charge in [-0.05, 0) is 43.2 Å². The lowest BCUT2D eigenvalue weighted by molar-refractivity contribution is 0.0954. The smallest absolute Gasteiger partial charge is 0.255 e. The number of hydrogen-bond donors (Lipinski definition) is 2. The van der Waals surface area contributed by atoms with Crippen LogP contribution in [0.1, 0.15) is 21.6 Å². The number of nitrogens with zero attached hydrogens (tertiary/aromatic N) is 1. The van der Waals surface area contributed by atoms with Crippen LogP contribution in [0.15, 0.2) is 47.1 Å². The molecular weight excluding hydrogens is 306 g/mol. The Morgan fingerprint density at radius 2 is 2.21 bits per heavy atom. The zero-order chi connectivity index (χ0) is 16.9. The van der Waals surface area contributed by atoms with Gasteiger partial charge in [-0.2, -0.15) is 5.10 Å². The minimum Gasteiger partial charge on any atom is -0.497 e. The van der Waals surface area contributed by atoms with Crippen molar-refractivity contribution in [3.8, 4) is 17.2 Å². The molecule has 0 spiro atoms. The molecule has 0 aliphatic carbocycles. The average molecular weight is 325 g/mol. The number of aryl methyl sites for hydroxylation is 1. The molecule has 0 unspecified atom stereocenters. The molecule has 6 heteroatoms. The predicted octanol–water partition coefficient (Wildman–Crippen LogP) is 2.96. The van der Waals surface area contributed by atoms with E-state index in [9.17, 15) is 4.79 Å². The predicted molar refractivity (Wildman–Crippen MR) is 90.1 cm³/mol. The van der Waals surface area contributed by atoms with Crippen molar-refractivity contribution in [3.63, 3.8) is 0 Å². The topological polar surface area (TPSA) is 80.2 Å². The fraction of sp³-hybridized carbons (Fsp3) is 0.222. The lowest BCUT2D eigenvalue weighted by Crippen LogP contribution is -2.26. The zero-order valence-corrected chi connectivity index (χ0v) is 13.6. The van der Waals surface area contributed by atoms with E-state index in [1.807, 2.05) is 31.2 Å². The van der Waals surface area contributed by atoms with Crippen molar-refractivity contribution in [1.82, 2.24) is 15.5 Å². The Balaban J connectivity index is 1.66. The number of amides is 1. The molecule has 2 N–H and O–H groups in total. The van der Waals surface area contributed by atoms with Gasteiger partial charge in [0, 0.05) is 12.2 Å². The minimum absolute atomic E-state index is 0.171. The third-order valence-corrected chi connectivity index (χ3v) is 3.76. The lowest BCUT2D eigenvalue weighted by Gasteiger charge is -2.07. The van der Waals surface area contributed by atoms with Crippen LogP contribution in [-0.2, 0) is 6.42 Å². The SMILES string of the molecule is COc1cccc(CCNC(=O)c2c(-c3ccco3)n[nH]c2C)c1. The van der Waals surface area contributed by atoms with Gasteiger partial charge in [0.15, 0.2) is 5.76 Å². The molecule has 0 bridgehead atoms. The Morgan fingerprint density at radius 3 is 2.96 bits per heavy atom. The lowest BCUT2D eigenvalue weighted by atomic mass is 10.1. The molecule has 0 atom stereocenters. The van der Waals surface area contributed by atoms with E-state index in [0.717, 1.165) is 17.7 Å². The maximum atomic E-state index is 12.5. The molecule has 24 heavy (non-hydrogen) atoms. The normalized spacial score (nSPS) is 10.6. The third kappa shape index (κ3) is 3.32. The van der Waals surface area contributed by atoms with E-state index in [-0.39, 0.29) is 5.91 Å². The molecule has 1 aromatic carbocycles. The van der Waals surface area contributed by atoms with Crippen LogP contribution >= 0.6 is 0 Å². The summed E-state index contributed by atoms with van der Waals surface area (Å²) in [6.45, 7) is 2.34. The molecule has 3 aromatic rings. The molecule has 124 valence electrons. The number of carbonyl (C=O) groups excluding carboxylic acids is 1. The van der Waals surface area contributed by atoms with E-state index in [0.29, 0.717) is 29.3 Å². The fourth-order valence-electron chi connectivity index (χ4n) is 2.54. The van der Waals surface area contributed by atoms with Crippen molar-refractivity contribution in [2.45, 2.75) is 13.3 Å². The molecule has 1 amide bonds. The number of H-pyrrole nitrogens is 1. The van der Waals surface area contributed by atoms with E-state index < -0.39 is 0 Å². The maximum absolute atomic E-state index is 12.5. The second kappa shape index (κ2) is 7.04. The van der Waals surface area contributed by atoms with Gasteiger partial charge in [0.25, 0.3) is 5.91 Å². The van der Waals surface area contributed by atoms with Gasteiger partial charge in [-0.3, -0.25) is 9.89 Å². The summed E-state index contributed by atoms with van der Waals surface area (Å²) in [4.78, 5) is 12.5. The molecular formula is C18H19N3O3. The molecule has 6 nitrogen and oxygen atoms in total. The number of nitrogens with one attached hydrogen (secondary N) is 2. The van der Waals surface area contributed by atoms with E-state index in [4.69, 9.17) is 9.15 Å². The first-order valence-corrected chi connectivity index (χ1v) is 7.69. The summed E-state index contributed by atoms with van der Waals surface area (Å²) in [6.07, 6.45) is 2.28. The third-order valence-electron chi connectivity index (χ3n) is 3.76. The van der Waals surface area contributed by atoms with Gasteiger partial charge in [-0.15, -0.1) is 0 Å². The van der Waals surface area contributed by atoms with Crippen molar-refractivity contribution in [2.24, 2.45) is 0 Å². The van der Waals surface area contributed by atoms with Gasteiger partial charge in [0.1, 0.15) is 11.4 Å². The molecule has 3 rings (SSSR count). The number of methoxy groups -OCH3 is 1. The molecule has 0 saturated heterocycles. The monoisotopic (exact) mass is 325 g/mol. The number of hydrogen-bond acceptors (Lipinski definition) is 4. The highest BCUT2D eigenvalue weighted by Gasteiger charge is 2.20.